The maximum atomic E-state index is 13.2. The monoisotopic (exact) mass is 358 g/mol. The molecule has 0 heterocycles. The number of halogens is 3. The van der Waals surface area contributed by atoms with Crippen LogP contribution in [-0.4, -0.2) is 22.0 Å². The summed E-state index contributed by atoms with van der Waals surface area (Å²) >= 11 is 2.94. The number of rotatable bonds is 3. The fraction of sp³-hybridized carbons (Fsp3) is 0.133. The van der Waals surface area contributed by atoms with Crippen LogP contribution in [0.15, 0.2) is 48.5 Å². The quantitative estimate of drug-likeness (QED) is 0.827. The summed E-state index contributed by atoms with van der Waals surface area (Å²) in [5.41, 5.74) is -2.85. The molecule has 2 N–H and O–H groups in total. The summed E-state index contributed by atoms with van der Waals surface area (Å²) in [7, 11) is 0. The van der Waals surface area contributed by atoms with Crippen molar-refractivity contribution in [3.63, 3.8) is 0 Å². The minimum absolute atomic E-state index is 0.175. The zero-order valence-corrected chi connectivity index (χ0v) is 12.6. The summed E-state index contributed by atoms with van der Waals surface area (Å²) in [6, 6.07) is 9.13. The van der Waals surface area contributed by atoms with Crippen LogP contribution in [-0.2, 0) is 10.4 Å². The fourth-order valence-electron chi connectivity index (χ4n) is 1.84. The third kappa shape index (κ3) is 3.65. The Morgan fingerprint density at radius 3 is 1.67 bits per heavy atom. The molecule has 21 heavy (non-hydrogen) atoms. The van der Waals surface area contributed by atoms with E-state index in [0.717, 1.165) is 24.3 Å². The highest BCUT2D eigenvalue weighted by molar-refractivity contribution is 9.08. The zero-order valence-electron chi connectivity index (χ0n) is 11.1. The van der Waals surface area contributed by atoms with Crippen LogP contribution in [0.4, 0.5) is 8.78 Å². The molecule has 0 aliphatic rings. The van der Waals surface area contributed by atoms with Crippen molar-refractivity contribution in [2.45, 2.75) is 5.60 Å². The summed E-state index contributed by atoms with van der Waals surface area (Å²) in [6.45, 7) is 0. The standard InChI is InChI=1S/C14H10F2O3.CH3Br/c15-11-5-1-3-9(7-11)14(19,13(17)18)10-4-2-6-12(16)8-10;1-2/h1-8,19H,(H,17,18);1H3. The lowest BCUT2D eigenvalue weighted by Gasteiger charge is -2.24. The summed E-state index contributed by atoms with van der Waals surface area (Å²) in [5.74, 6) is -1.17. The van der Waals surface area contributed by atoms with Crippen molar-refractivity contribution in [3.8, 4) is 0 Å². The van der Waals surface area contributed by atoms with Crippen LogP contribution in [0.25, 0.3) is 0 Å². The van der Waals surface area contributed by atoms with Crippen molar-refractivity contribution in [1.82, 2.24) is 0 Å². The van der Waals surface area contributed by atoms with Crippen molar-refractivity contribution < 1.29 is 23.8 Å². The average Bonchev–Trinajstić information content (AvgIpc) is 2.48. The van der Waals surface area contributed by atoms with Gasteiger partial charge >= 0.3 is 5.97 Å². The minimum atomic E-state index is -2.50. The van der Waals surface area contributed by atoms with Crippen LogP contribution in [0.2, 0.25) is 0 Å². The number of carbonyl (C=O) groups is 1. The van der Waals surface area contributed by atoms with Crippen LogP contribution in [0.1, 0.15) is 11.1 Å². The van der Waals surface area contributed by atoms with Gasteiger partial charge in [-0.25, -0.2) is 13.6 Å². The van der Waals surface area contributed by atoms with Gasteiger partial charge in [0.05, 0.1) is 0 Å². The van der Waals surface area contributed by atoms with Crippen molar-refractivity contribution in [2.75, 3.05) is 5.83 Å². The van der Waals surface area contributed by atoms with Gasteiger partial charge in [-0.15, -0.1) is 0 Å². The number of aliphatic hydroxyl groups is 1. The molecule has 0 radical (unpaired) electrons. The first-order chi connectivity index (χ1) is 9.94. The van der Waals surface area contributed by atoms with E-state index in [1.54, 1.807) is 0 Å². The van der Waals surface area contributed by atoms with Crippen molar-refractivity contribution >= 4 is 21.9 Å². The van der Waals surface area contributed by atoms with Crippen molar-refractivity contribution in [2.24, 2.45) is 0 Å². The van der Waals surface area contributed by atoms with Gasteiger partial charge in [-0.1, -0.05) is 40.2 Å². The summed E-state index contributed by atoms with van der Waals surface area (Å²) < 4.78 is 26.4. The Bertz CT molecular complexity index is 586. The SMILES string of the molecule is CBr.O=C(O)C(O)(c1cccc(F)c1)c1cccc(F)c1. The topological polar surface area (TPSA) is 57.5 Å². The molecule has 0 fully saturated rings. The summed E-state index contributed by atoms with van der Waals surface area (Å²) in [5, 5.41) is 19.6. The van der Waals surface area contributed by atoms with Gasteiger partial charge in [0.25, 0.3) is 0 Å². The molecule has 2 aromatic rings. The Kier molecular flexibility index (Phi) is 5.99. The van der Waals surface area contributed by atoms with Gasteiger partial charge in [0.2, 0.25) is 5.60 Å². The fourth-order valence-corrected chi connectivity index (χ4v) is 1.84. The van der Waals surface area contributed by atoms with E-state index >= 15 is 0 Å². The van der Waals surface area contributed by atoms with Crippen molar-refractivity contribution in [1.29, 1.82) is 0 Å². The Morgan fingerprint density at radius 1 is 1.00 bits per heavy atom. The molecule has 0 aromatic heterocycles. The molecule has 0 atom stereocenters. The van der Waals surface area contributed by atoms with Crippen LogP contribution in [0.5, 0.6) is 0 Å². The Labute approximate surface area is 129 Å². The first-order valence-corrected chi connectivity index (χ1v) is 7.39. The van der Waals surface area contributed by atoms with Gasteiger partial charge in [0, 0.05) is 11.1 Å². The van der Waals surface area contributed by atoms with Crippen LogP contribution in [0.3, 0.4) is 0 Å². The summed E-state index contributed by atoms with van der Waals surface area (Å²) in [6.07, 6.45) is 0. The molecule has 0 amide bonds. The van der Waals surface area contributed by atoms with E-state index in [2.05, 4.69) is 15.9 Å². The molecule has 0 aliphatic heterocycles. The molecule has 0 unspecified atom stereocenters. The lowest BCUT2D eigenvalue weighted by Crippen LogP contribution is -2.37. The minimum Gasteiger partial charge on any atom is -0.479 e. The molecule has 3 nitrogen and oxygen atoms in total. The largest absolute Gasteiger partial charge is 0.479 e. The molecule has 0 aliphatic carbocycles. The Morgan fingerprint density at radius 2 is 1.38 bits per heavy atom. The molecule has 0 bridgehead atoms. The second-order valence-electron chi connectivity index (χ2n) is 4.04. The number of hydrogen-bond donors (Lipinski definition) is 2. The van der Waals surface area contributed by atoms with Crippen molar-refractivity contribution in [3.05, 3.63) is 71.3 Å². The van der Waals surface area contributed by atoms with Gasteiger partial charge in [0.1, 0.15) is 11.6 Å². The van der Waals surface area contributed by atoms with Gasteiger partial charge in [0.15, 0.2) is 0 Å². The highest BCUT2D eigenvalue weighted by Gasteiger charge is 2.40. The van der Waals surface area contributed by atoms with E-state index in [1.807, 2.05) is 5.83 Å². The molecule has 6 heteroatoms. The van der Waals surface area contributed by atoms with Gasteiger partial charge in [-0.2, -0.15) is 0 Å². The number of aliphatic carboxylic acids is 1. The van der Waals surface area contributed by atoms with Gasteiger partial charge < -0.3 is 10.2 Å². The molecule has 112 valence electrons. The predicted molar refractivity (Wildman–Crippen MR) is 78.3 cm³/mol. The number of carboxylic acid groups (broad SMARTS) is 1. The first-order valence-electron chi connectivity index (χ1n) is 5.80. The first kappa shape index (κ1) is 17.3. The van der Waals surface area contributed by atoms with E-state index in [0.29, 0.717) is 0 Å². The molecule has 2 rings (SSSR count). The Hall–Kier alpha value is -1.79. The van der Waals surface area contributed by atoms with E-state index in [9.17, 15) is 23.8 Å². The second kappa shape index (κ2) is 7.28. The molecular formula is C15H13BrF2O3. The molecule has 0 saturated heterocycles. The van der Waals surface area contributed by atoms with E-state index in [4.69, 9.17) is 0 Å². The van der Waals surface area contributed by atoms with Crippen LogP contribution < -0.4 is 0 Å². The van der Waals surface area contributed by atoms with E-state index in [-0.39, 0.29) is 11.1 Å². The molecule has 0 spiro atoms. The lowest BCUT2D eigenvalue weighted by atomic mass is 9.86. The third-order valence-electron chi connectivity index (χ3n) is 2.79. The zero-order chi connectivity index (χ0) is 16.0. The summed E-state index contributed by atoms with van der Waals surface area (Å²) in [4.78, 5) is 11.3. The second-order valence-corrected chi connectivity index (χ2v) is 4.04. The highest BCUT2D eigenvalue weighted by Crippen LogP contribution is 2.30. The smallest absolute Gasteiger partial charge is 0.345 e. The van der Waals surface area contributed by atoms with E-state index < -0.39 is 23.2 Å². The molecular weight excluding hydrogens is 346 g/mol. The molecule has 2 aromatic carbocycles. The Balaban J connectivity index is 0.00000106. The third-order valence-corrected chi connectivity index (χ3v) is 2.79. The number of carboxylic acids is 1. The number of benzene rings is 2. The highest BCUT2D eigenvalue weighted by atomic mass is 79.9. The maximum absolute atomic E-state index is 13.2. The lowest BCUT2D eigenvalue weighted by molar-refractivity contribution is -0.155. The average molecular weight is 359 g/mol. The van der Waals surface area contributed by atoms with Crippen LogP contribution >= 0.6 is 15.9 Å². The van der Waals surface area contributed by atoms with Gasteiger partial charge in [-0.05, 0) is 30.1 Å². The van der Waals surface area contributed by atoms with Crippen LogP contribution in [0, 0.1) is 11.6 Å². The number of hydrogen-bond acceptors (Lipinski definition) is 2. The molecule has 0 saturated carbocycles. The predicted octanol–water partition coefficient (Wildman–Crippen LogP) is 3.30. The van der Waals surface area contributed by atoms with E-state index in [1.165, 1.54) is 24.3 Å². The normalized spacial score (nSPS) is 10.5. The maximum Gasteiger partial charge on any atom is 0.345 e. The van der Waals surface area contributed by atoms with Gasteiger partial charge in [-0.3, -0.25) is 0 Å². The number of alkyl halides is 1.